The molecule has 0 heterocycles. The van der Waals surface area contributed by atoms with E-state index < -0.39 is 0 Å². The van der Waals surface area contributed by atoms with Gasteiger partial charge in [-0.05, 0) is 44.5 Å². The maximum Gasteiger partial charge on any atom is 0.0347 e. The van der Waals surface area contributed by atoms with E-state index in [0.29, 0.717) is 6.04 Å². The van der Waals surface area contributed by atoms with Crippen LogP contribution in [0, 0.1) is 0 Å². The van der Waals surface area contributed by atoms with Crippen LogP contribution in [0.15, 0.2) is 24.3 Å². The lowest BCUT2D eigenvalue weighted by molar-refractivity contribution is 0.215. The van der Waals surface area contributed by atoms with Crippen LogP contribution in [0.4, 0.5) is 5.69 Å². The summed E-state index contributed by atoms with van der Waals surface area (Å²) >= 11 is 0. The largest absolute Gasteiger partial charge is 0.399 e. The van der Waals surface area contributed by atoms with Gasteiger partial charge >= 0.3 is 0 Å². The molecule has 1 aromatic rings. The van der Waals surface area contributed by atoms with E-state index in [4.69, 9.17) is 5.73 Å². The number of likely N-dealkylation sites (N-methyl/N-ethyl adjacent to an activating group) is 1. The Hall–Kier alpha value is -1.02. The van der Waals surface area contributed by atoms with Crippen molar-refractivity contribution in [2.45, 2.75) is 46.1 Å². The molecule has 2 N–H and O–H groups in total. The first-order valence-electron chi connectivity index (χ1n) is 6.76. The van der Waals surface area contributed by atoms with Crippen molar-refractivity contribution in [1.82, 2.24) is 4.90 Å². The number of para-hydroxylation sites is 1. The van der Waals surface area contributed by atoms with Gasteiger partial charge in [-0.2, -0.15) is 0 Å². The molecule has 0 fully saturated rings. The third kappa shape index (κ3) is 4.39. The van der Waals surface area contributed by atoms with E-state index in [9.17, 15) is 0 Å². The zero-order valence-corrected chi connectivity index (χ0v) is 11.4. The molecule has 0 saturated carbocycles. The van der Waals surface area contributed by atoms with Crippen molar-refractivity contribution >= 4 is 5.69 Å². The number of rotatable bonds is 7. The van der Waals surface area contributed by atoms with Crippen molar-refractivity contribution in [3.63, 3.8) is 0 Å². The fourth-order valence-electron chi connectivity index (χ4n) is 2.22. The Morgan fingerprint density at radius 2 is 1.94 bits per heavy atom. The Balaban J connectivity index is 2.57. The minimum atomic E-state index is 0.566. The van der Waals surface area contributed by atoms with E-state index >= 15 is 0 Å². The molecular weight excluding hydrogens is 208 g/mol. The molecule has 1 unspecified atom stereocenters. The number of unbranched alkanes of at least 4 members (excludes halogenated alkanes) is 1. The minimum Gasteiger partial charge on any atom is -0.399 e. The zero-order chi connectivity index (χ0) is 12.7. The van der Waals surface area contributed by atoms with Gasteiger partial charge < -0.3 is 10.6 Å². The summed E-state index contributed by atoms with van der Waals surface area (Å²) in [5, 5.41) is 0. The summed E-state index contributed by atoms with van der Waals surface area (Å²) in [7, 11) is 0. The standard InChI is InChI=1S/C15H26N2/c1-4-6-11-17(5-2)13(3)12-14-9-7-8-10-15(14)16/h7-10,13H,4-6,11-12,16H2,1-3H3. The van der Waals surface area contributed by atoms with Crippen LogP contribution < -0.4 is 5.73 Å². The summed E-state index contributed by atoms with van der Waals surface area (Å²) in [6.45, 7) is 9.09. The predicted octanol–water partition coefficient (Wildman–Crippen LogP) is 3.32. The van der Waals surface area contributed by atoms with E-state index in [1.165, 1.54) is 24.9 Å². The fraction of sp³-hybridized carbons (Fsp3) is 0.600. The number of nitrogen functional groups attached to an aromatic ring is 1. The highest BCUT2D eigenvalue weighted by molar-refractivity contribution is 5.46. The molecule has 0 saturated heterocycles. The molecule has 0 spiro atoms. The molecule has 1 aromatic carbocycles. The summed E-state index contributed by atoms with van der Waals surface area (Å²) in [4.78, 5) is 2.54. The van der Waals surface area contributed by atoms with Gasteiger partial charge in [-0.15, -0.1) is 0 Å². The average molecular weight is 234 g/mol. The number of benzene rings is 1. The lowest BCUT2D eigenvalue weighted by Crippen LogP contribution is -2.35. The molecule has 96 valence electrons. The number of hydrogen-bond acceptors (Lipinski definition) is 2. The van der Waals surface area contributed by atoms with E-state index in [2.05, 4.69) is 37.8 Å². The molecule has 0 bridgehead atoms. The van der Waals surface area contributed by atoms with Crippen LogP contribution in [0.2, 0.25) is 0 Å². The van der Waals surface area contributed by atoms with E-state index in [1.807, 2.05) is 12.1 Å². The van der Waals surface area contributed by atoms with Crippen molar-refractivity contribution in [2.24, 2.45) is 0 Å². The second kappa shape index (κ2) is 7.33. The third-order valence-electron chi connectivity index (χ3n) is 3.40. The Bertz CT molecular complexity index is 322. The molecule has 2 nitrogen and oxygen atoms in total. The molecule has 1 rings (SSSR count). The van der Waals surface area contributed by atoms with Gasteiger partial charge in [0.05, 0.1) is 0 Å². The quantitative estimate of drug-likeness (QED) is 0.733. The van der Waals surface area contributed by atoms with E-state index in [1.54, 1.807) is 0 Å². The van der Waals surface area contributed by atoms with Gasteiger partial charge in [0.15, 0.2) is 0 Å². The first-order chi connectivity index (χ1) is 8.19. The highest BCUT2D eigenvalue weighted by atomic mass is 15.1. The molecule has 0 aliphatic carbocycles. The average Bonchev–Trinajstić information content (AvgIpc) is 2.33. The van der Waals surface area contributed by atoms with Crippen LogP contribution in [0.3, 0.4) is 0 Å². The van der Waals surface area contributed by atoms with Crippen LogP contribution in [0.1, 0.15) is 39.2 Å². The van der Waals surface area contributed by atoms with Gasteiger partial charge in [-0.3, -0.25) is 0 Å². The number of anilines is 1. The van der Waals surface area contributed by atoms with Crippen LogP contribution in [-0.2, 0) is 6.42 Å². The predicted molar refractivity (Wildman–Crippen MR) is 76.2 cm³/mol. The van der Waals surface area contributed by atoms with Crippen LogP contribution >= 0.6 is 0 Å². The zero-order valence-electron chi connectivity index (χ0n) is 11.4. The maximum atomic E-state index is 5.99. The highest BCUT2D eigenvalue weighted by Gasteiger charge is 2.12. The summed E-state index contributed by atoms with van der Waals surface area (Å²) in [5.41, 5.74) is 8.19. The Morgan fingerprint density at radius 3 is 2.53 bits per heavy atom. The van der Waals surface area contributed by atoms with Crippen molar-refractivity contribution in [1.29, 1.82) is 0 Å². The highest BCUT2D eigenvalue weighted by Crippen LogP contribution is 2.15. The van der Waals surface area contributed by atoms with Crippen LogP contribution in [0.25, 0.3) is 0 Å². The first-order valence-corrected chi connectivity index (χ1v) is 6.76. The maximum absolute atomic E-state index is 5.99. The van der Waals surface area contributed by atoms with Crippen LogP contribution in [-0.4, -0.2) is 24.0 Å². The minimum absolute atomic E-state index is 0.566. The van der Waals surface area contributed by atoms with Crippen LogP contribution in [0.5, 0.6) is 0 Å². The number of hydrogen-bond donors (Lipinski definition) is 1. The molecule has 0 amide bonds. The van der Waals surface area contributed by atoms with E-state index in [0.717, 1.165) is 18.7 Å². The molecule has 0 aromatic heterocycles. The van der Waals surface area contributed by atoms with Crippen molar-refractivity contribution < 1.29 is 0 Å². The summed E-state index contributed by atoms with van der Waals surface area (Å²) < 4.78 is 0. The van der Waals surface area contributed by atoms with Gasteiger partial charge in [-0.25, -0.2) is 0 Å². The Labute approximate surface area is 106 Å². The molecular formula is C15H26N2. The smallest absolute Gasteiger partial charge is 0.0347 e. The molecule has 0 radical (unpaired) electrons. The Kier molecular flexibility index (Phi) is 6.06. The summed E-state index contributed by atoms with van der Waals surface area (Å²) in [6, 6.07) is 8.76. The van der Waals surface area contributed by atoms with Crippen molar-refractivity contribution in [3.8, 4) is 0 Å². The SMILES string of the molecule is CCCCN(CC)C(C)Cc1ccccc1N. The van der Waals surface area contributed by atoms with Crippen molar-refractivity contribution in [2.75, 3.05) is 18.8 Å². The number of nitrogens with zero attached hydrogens (tertiary/aromatic N) is 1. The Morgan fingerprint density at radius 1 is 1.24 bits per heavy atom. The second-order valence-corrected chi connectivity index (χ2v) is 4.73. The molecule has 2 heteroatoms. The van der Waals surface area contributed by atoms with Gasteiger partial charge in [0.1, 0.15) is 0 Å². The monoisotopic (exact) mass is 234 g/mol. The van der Waals surface area contributed by atoms with Gasteiger partial charge in [-0.1, -0.05) is 38.5 Å². The first kappa shape index (κ1) is 14.0. The molecule has 1 atom stereocenters. The number of nitrogens with two attached hydrogens (primary N) is 1. The fourth-order valence-corrected chi connectivity index (χ4v) is 2.22. The van der Waals surface area contributed by atoms with Gasteiger partial charge in [0.2, 0.25) is 0 Å². The molecule has 0 aliphatic rings. The molecule has 0 aliphatic heterocycles. The second-order valence-electron chi connectivity index (χ2n) is 4.73. The summed E-state index contributed by atoms with van der Waals surface area (Å²) in [6.07, 6.45) is 3.59. The van der Waals surface area contributed by atoms with Crippen molar-refractivity contribution in [3.05, 3.63) is 29.8 Å². The lowest BCUT2D eigenvalue weighted by Gasteiger charge is -2.28. The lowest BCUT2D eigenvalue weighted by atomic mass is 10.0. The normalized spacial score (nSPS) is 12.9. The summed E-state index contributed by atoms with van der Waals surface area (Å²) in [5.74, 6) is 0. The van der Waals surface area contributed by atoms with Gasteiger partial charge in [0, 0.05) is 11.7 Å². The van der Waals surface area contributed by atoms with Gasteiger partial charge in [0.25, 0.3) is 0 Å². The molecule has 17 heavy (non-hydrogen) atoms. The third-order valence-corrected chi connectivity index (χ3v) is 3.40. The van der Waals surface area contributed by atoms with E-state index in [-0.39, 0.29) is 0 Å². The topological polar surface area (TPSA) is 29.3 Å².